The molecule has 0 spiro atoms. The highest BCUT2D eigenvalue weighted by Gasteiger charge is 2.48. The number of aromatic nitrogens is 2. The van der Waals surface area contributed by atoms with Crippen LogP contribution in [-0.4, -0.2) is 15.6 Å². The van der Waals surface area contributed by atoms with Gasteiger partial charge in [0.2, 0.25) is 0 Å². The summed E-state index contributed by atoms with van der Waals surface area (Å²) < 4.78 is 1.75. The molecule has 2 rings (SSSR count). The molecule has 1 aliphatic rings. The maximum absolute atomic E-state index is 12.6. The van der Waals surface area contributed by atoms with Crippen molar-refractivity contribution in [3.05, 3.63) is 18.0 Å². The van der Waals surface area contributed by atoms with Crippen LogP contribution < -0.4 is 0 Å². The van der Waals surface area contributed by atoms with Gasteiger partial charge in [0.05, 0.1) is 12.3 Å². The Morgan fingerprint density at radius 2 is 2.21 bits per heavy atom. The van der Waals surface area contributed by atoms with E-state index in [1.54, 1.807) is 4.68 Å². The van der Waals surface area contributed by atoms with Gasteiger partial charge in [0.1, 0.15) is 5.41 Å². The molecular weight excluding hydrogens is 238 g/mol. The quantitative estimate of drug-likeness (QED) is 0.838. The van der Waals surface area contributed by atoms with E-state index in [1.807, 2.05) is 33.3 Å². The van der Waals surface area contributed by atoms with Crippen molar-refractivity contribution in [2.75, 3.05) is 0 Å². The van der Waals surface area contributed by atoms with Crippen molar-refractivity contribution in [3.63, 3.8) is 0 Å². The fourth-order valence-corrected chi connectivity index (χ4v) is 3.07. The largest absolute Gasteiger partial charge is 0.297 e. The summed E-state index contributed by atoms with van der Waals surface area (Å²) in [6.45, 7) is 3.93. The van der Waals surface area contributed by atoms with Crippen LogP contribution in [0.1, 0.15) is 45.1 Å². The molecule has 0 aliphatic heterocycles. The molecule has 102 valence electrons. The van der Waals surface area contributed by atoms with Gasteiger partial charge in [0.15, 0.2) is 5.78 Å². The number of rotatable bonds is 3. The highest BCUT2D eigenvalue weighted by atomic mass is 16.1. The van der Waals surface area contributed by atoms with Crippen molar-refractivity contribution in [2.45, 2.75) is 46.0 Å². The molecule has 0 saturated heterocycles. The van der Waals surface area contributed by atoms with Crippen LogP contribution in [0.3, 0.4) is 0 Å². The van der Waals surface area contributed by atoms with Crippen molar-refractivity contribution in [3.8, 4) is 6.07 Å². The zero-order valence-electron chi connectivity index (χ0n) is 11.9. The third-order valence-corrected chi connectivity index (χ3v) is 4.27. The van der Waals surface area contributed by atoms with Crippen LogP contribution >= 0.6 is 0 Å². The first-order valence-corrected chi connectivity index (χ1v) is 6.83. The fourth-order valence-electron chi connectivity index (χ4n) is 3.07. The molecule has 1 unspecified atom stereocenters. The molecule has 1 fully saturated rings. The predicted octanol–water partition coefficient (Wildman–Crippen LogP) is 2.64. The lowest BCUT2D eigenvalue weighted by Gasteiger charge is -2.39. The summed E-state index contributed by atoms with van der Waals surface area (Å²) in [5, 5.41) is 13.7. The van der Waals surface area contributed by atoms with Gasteiger partial charge in [-0.2, -0.15) is 10.4 Å². The van der Waals surface area contributed by atoms with Crippen molar-refractivity contribution in [1.29, 1.82) is 5.26 Å². The molecule has 1 heterocycles. The Morgan fingerprint density at radius 3 is 2.79 bits per heavy atom. The Kier molecular flexibility index (Phi) is 3.49. The Morgan fingerprint density at radius 1 is 1.47 bits per heavy atom. The van der Waals surface area contributed by atoms with Gasteiger partial charge in [0.25, 0.3) is 0 Å². The Labute approximate surface area is 114 Å². The molecule has 0 radical (unpaired) electrons. The van der Waals surface area contributed by atoms with Crippen molar-refractivity contribution < 1.29 is 4.79 Å². The molecule has 1 atom stereocenters. The maximum Gasteiger partial charge on any atom is 0.158 e. The Balaban J connectivity index is 2.15. The van der Waals surface area contributed by atoms with E-state index in [0.29, 0.717) is 12.8 Å². The van der Waals surface area contributed by atoms with Crippen LogP contribution in [0.15, 0.2) is 12.4 Å². The maximum atomic E-state index is 12.6. The standard InChI is InChI=1S/C15H21N3O/c1-14(2)6-4-7-15(11-16,13(14)19)8-5-12-9-17-18(3)10-12/h9-10H,4-8H2,1-3H3. The highest BCUT2D eigenvalue weighted by molar-refractivity contribution is 5.92. The van der Waals surface area contributed by atoms with E-state index in [2.05, 4.69) is 11.2 Å². The molecular formula is C15H21N3O. The minimum Gasteiger partial charge on any atom is -0.297 e. The number of ketones is 1. The van der Waals surface area contributed by atoms with E-state index < -0.39 is 5.41 Å². The van der Waals surface area contributed by atoms with E-state index >= 15 is 0 Å². The lowest BCUT2D eigenvalue weighted by Crippen LogP contribution is -2.44. The smallest absolute Gasteiger partial charge is 0.158 e. The molecule has 0 bridgehead atoms. The van der Waals surface area contributed by atoms with Crippen LogP contribution in [0.4, 0.5) is 0 Å². The molecule has 1 aromatic rings. The van der Waals surface area contributed by atoms with Crippen molar-refractivity contribution >= 4 is 5.78 Å². The Bertz CT molecular complexity index is 524. The Hall–Kier alpha value is -1.63. The third kappa shape index (κ3) is 2.56. The molecule has 1 aliphatic carbocycles. The highest BCUT2D eigenvalue weighted by Crippen LogP contribution is 2.45. The van der Waals surface area contributed by atoms with Crippen molar-refractivity contribution in [2.24, 2.45) is 17.9 Å². The van der Waals surface area contributed by atoms with Gasteiger partial charge < -0.3 is 0 Å². The summed E-state index contributed by atoms with van der Waals surface area (Å²) in [7, 11) is 1.87. The zero-order valence-corrected chi connectivity index (χ0v) is 11.9. The van der Waals surface area contributed by atoms with E-state index in [0.717, 1.165) is 24.8 Å². The van der Waals surface area contributed by atoms with Gasteiger partial charge in [-0.1, -0.05) is 20.3 Å². The molecule has 4 heteroatoms. The normalized spacial score (nSPS) is 26.1. The van der Waals surface area contributed by atoms with Gasteiger partial charge in [-0.25, -0.2) is 0 Å². The molecule has 0 N–H and O–H groups in total. The summed E-state index contributed by atoms with van der Waals surface area (Å²) >= 11 is 0. The molecule has 0 amide bonds. The second-order valence-corrected chi connectivity index (χ2v) is 6.28. The third-order valence-electron chi connectivity index (χ3n) is 4.27. The average molecular weight is 259 g/mol. The lowest BCUT2D eigenvalue weighted by molar-refractivity contribution is -0.138. The second kappa shape index (κ2) is 4.80. The minimum atomic E-state index is -0.794. The molecule has 1 aromatic heterocycles. The van der Waals surface area contributed by atoms with Crippen LogP contribution in [0.5, 0.6) is 0 Å². The molecule has 19 heavy (non-hydrogen) atoms. The lowest BCUT2D eigenvalue weighted by atomic mass is 9.61. The number of nitrogens with zero attached hydrogens (tertiary/aromatic N) is 3. The number of Topliss-reactive ketones (excluding diaryl/α,β-unsaturated/α-hetero) is 1. The van der Waals surface area contributed by atoms with Gasteiger partial charge in [-0.05, 0) is 31.2 Å². The van der Waals surface area contributed by atoms with Crippen LogP contribution in [0.2, 0.25) is 0 Å². The van der Waals surface area contributed by atoms with Gasteiger partial charge in [-0.15, -0.1) is 0 Å². The summed E-state index contributed by atoms with van der Waals surface area (Å²) in [5.41, 5.74) is -0.0612. The topological polar surface area (TPSA) is 58.7 Å². The van der Waals surface area contributed by atoms with Gasteiger partial charge in [-0.3, -0.25) is 9.48 Å². The van der Waals surface area contributed by atoms with Crippen LogP contribution in [0.25, 0.3) is 0 Å². The van der Waals surface area contributed by atoms with E-state index in [4.69, 9.17) is 0 Å². The summed E-state index contributed by atoms with van der Waals surface area (Å²) in [5.74, 6) is 0.123. The molecule has 4 nitrogen and oxygen atoms in total. The summed E-state index contributed by atoms with van der Waals surface area (Å²) in [4.78, 5) is 12.6. The van der Waals surface area contributed by atoms with E-state index in [-0.39, 0.29) is 11.2 Å². The van der Waals surface area contributed by atoms with Crippen LogP contribution in [0, 0.1) is 22.2 Å². The number of carbonyl (C=O) groups is 1. The number of carbonyl (C=O) groups excluding carboxylic acids is 1. The van der Waals surface area contributed by atoms with E-state index in [9.17, 15) is 10.1 Å². The fraction of sp³-hybridized carbons (Fsp3) is 0.667. The van der Waals surface area contributed by atoms with Gasteiger partial charge >= 0.3 is 0 Å². The SMILES string of the molecule is Cn1cc(CCC2(C#N)CCCC(C)(C)C2=O)cn1. The number of aryl methyl sites for hydroxylation is 2. The molecule has 0 aromatic carbocycles. The summed E-state index contributed by atoms with van der Waals surface area (Å²) in [6.07, 6.45) is 7.65. The van der Waals surface area contributed by atoms with E-state index in [1.165, 1.54) is 0 Å². The number of hydrogen-bond donors (Lipinski definition) is 0. The zero-order chi connectivity index (χ0) is 14.1. The first-order chi connectivity index (χ1) is 8.89. The second-order valence-electron chi connectivity index (χ2n) is 6.28. The summed E-state index contributed by atoms with van der Waals surface area (Å²) in [6, 6.07) is 2.32. The number of nitriles is 1. The first kappa shape index (κ1) is 13.8. The van der Waals surface area contributed by atoms with Gasteiger partial charge in [0, 0.05) is 18.7 Å². The van der Waals surface area contributed by atoms with Crippen molar-refractivity contribution in [1.82, 2.24) is 9.78 Å². The predicted molar refractivity (Wildman–Crippen MR) is 72.2 cm³/mol. The monoisotopic (exact) mass is 259 g/mol. The average Bonchev–Trinajstić information content (AvgIpc) is 2.78. The first-order valence-electron chi connectivity index (χ1n) is 6.83. The minimum absolute atomic E-state index is 0.123. The molecule has 1 saturated carbocycles. The van der Waals surface area contributed by atoms with Crippen LogP contribution in [-0.2, 0) is 18.3 Å². The number of hydrogen-bond acceptors (Lipinski definition) is 3.